The Hall–Kier alpha value is -1.95. The first kappa shape index (κ1) is 9.14. The van der Waals surface area contributed by atoms with Gasteiger partial charge in [-0.1, -0.05) is 24.1 Å². The summed E-state index contributed by atoms with van der Waals surface area (Å²) in [5.74, 6) is 2.51. The van der Waals surface area contributed by atoms with E-state index >= 15 is 0 Å². The smallest absolute Gasteiger partial charge is 0.211 e. The van der Waals surface area contributed by atoms with Gasteiger partial charge in [0, 0.05) is 12.1 Å². The molecule has 0 unspecified atom stereocenters. The number of aliphatic hydroxyl groups is 1. The van der Waals surface area contributed by atoms with Crippen molar-refractivity contribution < 1.29 is 9.90 Å². The molecular formula is C10H9NO2. The average Bonchev–Trinajstić information content (AvgIpc) is 2.17. The van der Waals surface area contributed by atoms with Gasteiger partial charge in [0.05, 0.1) is 0 Å². The number of anilines is 1. The SMILES string of the molecule is O=CNc1ccccc1CC#CO. The van der Waals surface area contributed by atoms with Gasteiger partial charge in [0.1, 0.15) is 6.11 Å². The van der Waals surface area contributed by atoms with Crippen molar-refractivity contribution >= 4 is 12.1 Å². The third kappa shape index (κ3) is 2.53. The molecule has 1 rings (SSSR count). The second-order valence-corrected chi connectivity index (χ2v) is 2.38. The van der Waals surface area contributed by atoms with Gasteiger partial charge in [0.15, 0.2) is 0 Å². The van der Waals surface area contributed by atoms with Crippen molar-refractivity contribution in [3.63, 3.8) is 0 Å². The zero-order valence-electron chi connectivity index (χ0n) is 6.95. The summed E-state index contributed by atoms with van der Waals surface area (Å²) < 4.78 is 0. The van der Waals surface area contributed by atoms with Crippen LogP contribution >= 0.6 is 0 Å². The van der Waals surface area contributed by atoms with E-state index in [1.54, 1.807) is 6.07 Å². The highest BCUT2D eigenvalue weighted by molar-refractivity contribution is 5.73. The van der Waals surface area contributed by atoms with Gasteiger partial charge in [0.25, 0.3) is 0 Å². The van der Waals surface area contributed by atoms with Crippen LogP contribution in [0.5, 0.6) is 0 Å². The van der Waals surface area contributed by atoms with Crippen LogP contribution in [0.15, 0.2) is 24.3 Å². The predicted octanol–water partition coefficient (Wildman–Crippen LogP) is 1.13. The molecule has 3 heteroatoms. The number of carbonyl (C=O) groups is 1. The minimum absolute atomic E-state index is 0.424. The Morgan fingerprint density at radius 3 is 2.92 bits per heavy atom. The molecule has 1 amide bonds. The summed E-state index contributed by atoms with van der Waals surface area (Å²) in [6.07, 6.45) is 2.86. The van der Waals surface area contributed by atoms with Gasteiger partial charge in [0.2, 0.25) is 6.41 Å². The van der Waals surface area contributed by atoms with Crippen LogP contribution in [0.3, 0.4) is 0 Å². The molecule has 0 saturated heterocycles. The maximum Gasteiger partial charge on any atom is 0.211 e. The monoisotopic (exact) mass is 175 g/mol. The Morgan fingerprint density at radius 2 is 2.23 bits per heavy atom. The summed E-state index contributed by atoms with van der Waals surface area (Å²) in [5, 5.41) is 10.9. The molecule has 0 aliphatic carbocycles. The third-order valence-corrected chi connectivity index (χ3v) is 1.59. The summed E-state index contributed by atoms with van der Waals surface area (Å²) in [5.41, 5.74) is 1.61. The largest absolute Gasteiger partial charge is 0.462 e. The molecule has 1 aromatic rings. The lowest BCUT2D eigenvalue weighted by molar-refractivity contribution is -0.105. The van der Waals surface area contributed by atoms with E-state index in [0.717, 1.165) is 11.3 Å². The van der Waals surface area contributed by atoms with Crippen molar-refractivity contribution in [2.75, 3.05) is 5.32 Å². The Labute approximate surface area is 76.4 Å². The van der Waals surface area contributed by atoms with Gasteiger partial charge in [-0.2, -0.15) is 0 Å². The Bertz CT molecular complexity index is 349. The highest BCUT2D eigenvalue weighted by atomic mass is 16.2. The lowest BCUT2D eigenvalue weighted by Crippen LogP contribution is -1.97. The Morgan fingerprint density at radius 1 is 1.46 bits per heavy atom. The van der Waals surface area contributed by atoms with Crippen molar-refractivity contribution in [2.45, 2.75) is 6.42 Å². The standard InChI is InChI=1S/C10H9NO2/c12-7-3-5-9-4-1-2-6-10(9)11-8-13/h1-2,4,6,8,12H,5H2,(H,11,13). The van der Waals surface area contributed by atoms with Gasteiger partial charge in [-0.05, 0) is 11.6 Å². The number of hydrogen-bond acceptors (Lipinski definition) is 2. The molecule has 66 valence electrons. The van der Waals surface area contributed by atoms with Crippen molar-refractivity contribution in [3.8, 4) is 12.0 Å². The fraction of sp³-hybridized carbons (Fsp3) is 0.100. The fourth-order valence-corrected chi connectivity index (χ4v) is 1.01. The van der Waals surface area contributed by atoms with Crippen LogP contribution in [-0.4, -0.2) is 11.5 Å². The topological polar surface area (TPSA) is 49.3 Å². The number of para-hydroxylation sites is 1. The molecule has 0 fully saturated rings. The van der Waals surface area contributed by atoms with Gasteiger partial charge in [-0.25, -0.2) is 0 Å². The molecule has 0 atom stereocenters. The molecule has 0 aliphatic rings. The summed E-state index contributed by atoms with van der Waals surface area (Å²) in [6, 6.07) is 7.30. The number of aliphatic hydroxyl groups excluding tert-OH is 1. The molecule has 0 bridgehead atoms. The van der Waals surface area contributed by atoms with Gasteiger partial charge in [-0.15, -0.1) is 0 Å². The van der Waals surface area contributed by atoms with Crippen molar-refractivity contribution in [3.05, 3.63) is 29.8 Å². The van der Waals surface area contributed by atoms with Crippen LogP contribution in [-0.2, 0) is 11.2 Å². The van der Waals surface area contributed by atoms with Crippen LogP contribution in [0.2, 0.25) is 0 Å². The van der Waals surface area contributed by atoms with Crippen LogP contribution in [0.1, 0.15) is 5.56 Å². The molecule has 0 heterocycles. The zero-order valence-corrected chi connectivity index (χ0v) is 6.95. The van der Waals surface area contributed by atoms with E-state index in [0.29, 0.717) is 12.8 Å². The molecule has 0 radical (unpaired) electrons. The van der Waals surface area contributed by atoms with E-state index in [2.05, 4.69) is 11.2 Å². The lowest BCUT2D eigenvalue weighted by Gasteiger charge is -2.03. The fourth-order valence-electron chi connectivity index (χ4n) is 1.01. The molecule has 0 spiro atoms. The van der Waals surface area contributed by atoms with E-state index in [1.807, 2.05) is 24.3 Å². The van der Waals surface area contributed by atoms with E-state index < -0.39 is 0 Å². The first-order chi connectivity index (χ1) is 6.38. The Balaban J connectivity index is 2.87. The molecule has 0 aliphatic heterocycles. The zero-order chi connectivity index (χ0) is 9.52. The molecule has 0 aromatic heterocycles. The van der Waals surface area contributed by atoms with Gasteiger partial charge < -0.3 is 10.4 Å². The van der Waals surface area contributed by atoms with Crippen LogP contribution in [0.25, 0.3) is 0 Å². The number of carbonyl (C=O) groups excluding carboxylic acids is 1. The molecule has 3 nitrogen and oxygen atoms in total. The number of nitrogens with one attached hydrogen (secondary N) is 1. The van der Waals surface area contributed by atoms with Crippen molar-refractivity contribution in [2.24, 2.45) is 0 Å². The molecule has 0 saturated carbocycles. The quantitative estimate of drug-likeness (QED) is 0.534. The minimum atomic E-state index is 0.424. The average molecular weight is 175 g/mol. The lowest BCUT2D eigenvalue weighted by atomic mass is 10.1. The summed E-state index contributed by atoms with van der Waals surface area (Å²) in [7, 11) is 0. The molecule has 2 N–H and O–H groups in total. The number of rotatable bonds is 3. The third-order valence-electron chi connectivity index (χ3n) is 1.59. The molecule has 1 aromatic carbocycles. The number of benzene rings is 1. The summed E-state index contributed by atoms with van der Waals surface area (Å²) >= 11 is 0. The van der Waals surface area contributed by atoms with E-state index in [4.69, 9.17) is 5.11 Å². The van der Waals surface area contributed by atoms with Crippen LogP contribution in [0, 0.1) is 12.0 Å². The van der Waals surface area contributed by atoms with Crippen LogP contribution in [0.4, 0.5) is 5.69 Å². The van der Waals surface area contributed by atoms with Gasteiger partial charge >= 0.3 is 0 Å². The van der Waals surface area contributed by atoms with E-state index in [-0.39, 0.29) is 0 Å². The maximum atomic E-state index is 10.2. The van der Waals surface area contributed by atoms with E-state index in [9.17, 15) is 4.79 Å². The minimum Gasteiger partial charge on any atom is -0.462 e. The summed E-state index contributed by atoms with van der Waals surface area (Å²) in [4.78, 5) is 10.2. The second-order valence-electron chi connectivity index (χ2n) is 2.38. The van der Waals surface area contributed by atoms with E-state index in [1.165, 1.54) is 0 Å². The van der Waals surface area contributed by atoms with Crippen molar-refractivity contribution in [1.82, 2.24) is 0 Å². The summed E-state index contributed by atoms with van der Waals surface area (Å²) in [6.45, 7) is 0. The molecular weight excluding hydrogens is 166 g/mol. The van der Waals surface area contributed by atoms with Gasteiger partial charge in [-0.3, -0.25) is 4.79 Å². The molecule has 13 heavy (non-hydrogen) atoms. The first-order valence-corrected chi connectivity index (χ1v) is 3.78. The Kier molecular flexibility index (Phi) is 3.40. The first-order valence-electron chi connectivity index (χ1n) is 3.78. The maximum absolute atomic E-state index is 10.2. The normalized spacial score (nSPS) is 8.31. The highest BCUT2D eigenvalue weighted by Crippen LogP contribution is 2.13. The highest BCUT2D eigenvalue weighted by Gasteiger charge is 1.97. The predicted molar refractivity (Wildman–Crippen MR) is 49.5 cm³/mol. The van der Waals surface area contributed by atoms with Crippen molar-refractivity contribution in [1.29, 1.82) is 0 Å². The second kappa shape index (κ2) is 4.83. The number of hydrogen-bond donors (Lipinski definition) is 2. The number of amides is 1. The van der Waals surface area contributed by atoms with Crippen LogP contribution < -0.4 is 5.32 Å².